The molecule has 0 aliphatic carbocycles. The van der Waals surface area contributed by atoms with Crippen LogP contribution >= 0.6 is 0 Å². The summed E-state index contributed by atoms with van der Waals surface area (Å²) in [5.41, 5.74) is 1.38. The molecule has 126 valence electrons. The number of likely N-dealkylation sites (tertiary alicyclic amines) is 1. The van der Waals surface area contributed by atoms with Gasteiger partial charge < -0.3 is 9.80 Å². The predicted octanol–water partition coefficient (Wildman–Crippen LogP) is 1.33. The van der Waals surface area contributed by atoms with E-state index in [1.807, 2.05) is 22.9 Å². The third kappa shape index (κ3) is 3.65. The standard InChI is InChI=1S/C16H23N3O3S/c1-18(14-5-8-23(21,22)12-14)15-9-13(10-17-11-15)16(20)19-6-3-2-4-7-19/h9-11,14H,2-8,12H2,1H3. The summed E-state index contributed by atoms with van der Waals surface area (Å²) < 4.78 is 23.3. The highest BCUT2D eigenvalue weighted by atomic mass is 32.2. The smallest absolute Gasteiger partial charge is 0.255 e. The lowest BCUT2D eigenvalue weighted by Gasteiger charge is -2.28. The van der Waals surface area contributed by atoms with E-state index in [4.69, 9.17) is 0 Å². The molecule has 0 aromatic carbocycles. The van der Waals surface area contributed by atoms with Crippen molar-refractivity contribution in [2.45, 2.75) is 31.7 Å². The summed E-state index contributed by atoms with van der Waals surface area (Å²) in [6, 6.07) is 1.79. The lowest BCUT2D eigenvalue weighted by Crippen LogP contribution is -2.36. The summed E-state index contributed by atoms with van der Waals surface area (Å²) in [4.78, 5) is 20.6. The highest BCUT2D eigenvalue weighted by Gasteiger charge is 2.31. The number of hydrogen-bond donors (Lipinski definition) is 0. The molecule has 6 nitrogen and oxygen atoms in total. The highest BCUT2D eigenvalue weighted by Crippen LogP contribution is 2.23. The lowest BCUT2D eigenvalue weighted by molar-refractivity contribution is 0.0724. The van der Waals surface area contributed by atoms with E-state index < -0.39 is 9.84 Å². The summed E-state index contributed by atoms with van der Waals surface area (Å²) in [6.45, 7) is 1.61. The van der Waals surface area contributed by atoms with Crippen molar-refractivity contribution in [2.75, 3.05) is 36.5 Å². The van der Waals surface area contributed by atoms with Crippen LogP contribution in [0.15, 0.2) is 18.5 Å². The molecule has 0 N–H and O–H groups in total. The summed E-state index contributed by atoms with van der Waals surface area (Å²) in [7, 11) is -1.06. The van der Waals surface area contributed by atoms with E-state index in [1.54, 1.807) is 12.4 Å². The summed E-state index contributed by atoms with van der Waals surface area (Å²) in [5, 5.41) is 0. The van der Waals surface area contributed by atoms with Crippen LogP contribution in [0.3, 0.4) is 0 Å². The van der Waals surface area contributed by atoms with Crippen LogP contribution in [-0.4, -0.2) is 61.9 Å². The molecular weight excluding hydrogens is 314 g/mol. The van der Waals surface area contributed by atoms with Crippen molar-refractivity contribution in [1.29, 1.82) is 0 Å². The Kier molecular flexibility index (Phi) is 4.57. The van der Waals surface area contributed by atoms with Crippen molar-refractivity contribution < 1.29 is 13.2 Å². The fourth-order valence-electron chi connectivity index (χ4n) is 3.31. The van der Waals surface area contributed by atoms with Gasteiger partial charge in [0.05, 0.1) is 29.0 Å². The molecule has 3 heterocycles. The van der Waals surface area contributed by atoms with Gasteiger partial charge in [0.15, 0.2) is 9.84 Å². The average Bonchev–Trinajstić information content (AvgIpc) is 2.94. The maximum atomic E-state index is 12.6. The minimum absolute atomic E-state index is 0.0199. The molecule has 1 aromatic rings. The Hall–Kier alpha value is -1.63. The largest absolute Gasteiger partial charge is 0.369 e. The first-order valence-corrected chi connectivity index (χ1v) is 9.96. The van der Waals surface area contributed by atoms with Crippen LogP contribution in [0.1, 0.15) is 36.0 Å². The molecule has 0 saturated carbocycles. The molecule has 0 radical (unpaired) electrons. The first kappa shape index (κ1) is 16.2. The van der Waals surface area contributed by atoms with Gasteiger partial charge >= 0.3 is 0 Å². The van der Waals surface area contributed by atoms with Crippen molar-refractivity contribution in [2.24, 2.45) is 0 Å². The number of amides is 1. The van der Waals surface area contributed by atoms with Gasteiger partial charge in [-0.25, -0.2) is 8.42 Å². The summed E-state index contributed by atoms with van der Waals surface area (Å²) in [6.07, 6.45) is 7.21. The lowest BCUT2D eigenvalue weighted by atomic mass is 10.1. The number of hydrogen-bond acceptors (Lipinski definition) is 5. The van der Waals surface area contributed by atoms with Gasteiger partial charge in [0.1, 0.15) is 0 Å². The SMILES string of the molecule is CN(c1cncc(C(=O)N2CCCCC2)c1)C1CCS(=O)(=O)C1. The number of piperidine rings is 1. The van der Waals surface area contributed by atoms with Crippen LogP contribution in [0, 0.1) is 0 Å². The second-order valence-electron chi connectivity index (χ2n) is 6.45. The molecule has 23 heavy (non-hydrogen) atoms. The quantitative estimate of drug-likeness (QED) is 0.832. The molecule has 3 rings (SSSR count). The van der Waals surface area contributed by atoms with Gasteiger partial charge in [0.25, 0.3) is 5.91 Å². The molecular formula is C16H23N3O3S. The molecule has 1 atom stereocenters. The van der Waals surface area contributed by atoms with E-state index in [0.29, 0.717) is 12.0 Å². The van der Waals surface area contributed by atoms with Crippen LogP contribution in [-0.2, 0) is 9.84 Å². The molecule has 1 unspecified atom stereocenters. The van der Waals surface area contributed by atoms with E-state index in [1.165, 1.54) is 6.42 Å². The molecule has 0 spiro atoms. The Morgan fingerprint density at radius 3 is 2.65 bits per heavy atom. The second-order valence-corrected chi connectivity index (χ2v) is 8.68. The number of anilines is 1. The molecule has 2 aliphatic rings. The van der Waals surface area contributed by atoms with Crippen molar-refractivity contribution in [3.05, 3.63) is 24.0 Å². The number of sulfone groups is 1. The molecule has 2 aliphatic heterocycles. The minimum Gasteiger partial charge on any atom is -0.369 e. The number of pyridine rings is 1. The van der Waals surface area contributed by atoms with E-state index in [9.17, 15) is 13.2 Å². The second kappa shape index (κ2) is 6.47. The molecule has 2 fully saturated rings. The molecule has 1 aromatic heterocycles. The number of carbonyl (C=O) groups is 1. The fourth-order valence-corrected chi connectivity index (χ4v) is 5.08. The predicted molar refractivity (Wildman–Crippen MR) is 89.5 cm³/mol. The maximum Gasteiger partial charge on any atom is 0.255 e. The molecule has 1 amide bonds. The van der Waals surface area contributed by atoms with Crippen molar-refractivity contribution in [1.82, 2.24) is 9.88 Å². The van der Waals surface area contributed by atoms with Gasteiger partial charge in [-0.1, -0.05) is 0 Å². The van der Waals surface area contributed by atoms with E-state index in [-0.39, 0.29) is 23.5 Å². The van der Waals surface area contributed by atoms with Crippen molar-refractivity contribution >= 4 is 21.4 Å². The topological polar surface area (TPSA) is 70.6 Å². The van der Waals surface area contributed by atoms with Gasteiger partial charge in [-0.3, -0.25) is 9.78 Å². The van der Waals surface area contributed by atoms with E-state index in [2.05, 4.69) is 4.98 Å². The first-order chi connectivity index (χ1) is 11.0. The zero-order valence-electron chi connectivity index (χ0n) is 13.4. The number of rotatable bonds is 3. The van der Waals surface area contributed by atoms with Crippen LogP contribution in [0.25, 0.3) is 0 Å². The zero-order chi connectivity index (χ0) is 16.4. The Balaban J connectivity index is 1.75. The van der Waals surface area contributed by atoms with E-state index >= 15 is 0 Å². The molecule has 0 bridgehead atoms. The van der Waals surface area contributed by atoms with Gasteiger partial charge in [-0.2, -0.15) is 0 Å². The fraction of sp³-hybridized carbons (Fsp3) is 0.625. The van der Waals surface area contributed by atoms with Crippen molar-refractivity contribution in [3.63, 3.8) is 0 Å². The Labute approximate surface area is 137 Å². The van der Waals surface area contributed by atoms with Crippen LogP contribution in [0.5, 0.6) is 0 Å². The maximum absolute atomic E-state index is 12.6. The van der Waals surface area contributed by atoms with E-state index in [0.717, 1.165) is 31.6 Å². The monoisotopic (exact) mass is 337 g/mol. The normalized spacial score (nSPS) is 23.7. The van der Waals surface area contributed by atoms with Crippen LogP contribution < -0.4 is 4.90 Å². The van der Waals surface area contributed by atoms with Crippen molar-refractivity contribution in [3.8, 4) is 0 Å². The minimum atomic E-state index is -2.93. The van der Waals surface area contributed by atoms with Gasteiger partial charge in [-0.15, -0.1) is 0 Å². The number of nitrogens with zero attached hydrogens (tertiary/aromatic N) is 3. The third-order valence-electron chi connectivity index (χ3n) is 4.78. The zero-order valence-corrected chi connectivity index (χ0v) is 14.3. The molecule has 7 heteroatoms. The average molecular weight is 337 g/mol. The van der Waals surface area contributed by atoms with Crippen LogP contribution in [0.4, 0.5) is 5.69 Å². The summed E-state index contributed by atoms with van der Waals surface area (Å²) >= 11 is 0. The summed E-state index contributed by atoms with van der Waals surface area (Å²) in [5.74, 6) is 0.432. The number of carbonyl (C=O) groups excluding carboxylic acids is 1. The number of aromatic nitrogens is 1. The van der Waals surface area contributed by atoms with Gasteiger partial charge in [-0.05, 0) is 31.7 Å². The Bertz CT molecular complexity index is 684. The first-order valence-electron chi connectivity index (χ1n) is 8.14. The molecule has 2 saturated heterocycles. The Morgan fingerprint density at radius 2 is 2.00 bits per heavy atom. The van der Waals surface area contributed by atoms with Crippen LogP contribution in [0.2, 0.25) is 0 Å². The van der Waals surface area contributed by atoms with Gasteiger partial charge in [0.2, 0.25) is 0 Å². The Morgan fingerprint density at radius 1 is 1.26 bits per heavy atom. The third-order valence-corrected chi connectivity index (χ3v) is 6.53. The van der Waals surface area contributed by atoms with Gasteiger partial charge in [0, 0.05) is 32.4 Å². The highest BCUT2D eigenvalue weighted by molar-refractivity contribution is 7.91.